The lowest BCUT2D eigenvalue weighted by Gasteiger charge is -2.13. The number of amides is 1. The van der Waals surface area contributed by atoms with Crippen LogP contribution in [0.5, 0.6) is 17.2 Å². The molecule has 9 heteroatoms. The molecular formula is C23H24N2O6S. The summed E-state index contributed by atoms with van der Waals surface area (Å²) in [7, 11) is 5.95. The van der Waals surface area contributed by atoms with Crippen molar-refractivity contribution < 1.29 is 28.5 Å². The molecule has 8 nitrogen and oxygen atoms in total. The van der Waals surface area contributed by atoms with E-state index in [2.05, 4.69) is 4.99 Å². The molecule has 1 aliphatic heterocycles. The normalized spacial score (nSPS) is 15.9. The molecule has 0 radical (unpaired) electrons. The minimum absolute atomic E-state index is 0.142. The highest BCUT2D eigenvalue weighted by Crippen LogP contribution is 2.40. The number of benzene rings is 2. The van der Waals surface area contributed by atoms with Crippen molar-refractivity contribution in [1.29, 1.82) is 0 Å². The summed E-state index contributed by atoms with van der Waals surface area (Å²) in [4.78, 5) is 31.3. The molecule has 0 N–H and O–H groups in total. The first-order chi connectivity index (χ1) is 15.4. The summed E-state index contributed by atoms with van der Waals surface area (Å²) >= 11 is 1.28. The number of amidine groups is 1. The van der Waals surface area contributed by atoms with Gasteiger partial charge in [-0.25, -0.2) is 9.79 Å². The van der Waals surface area contributed by atoms with Gasteiger partial charge in [0.05, 0.1) is 44.6 Å². The van der Waals surface area contributed by atoms with Crippen LogP contribution < -0.4 is 14.2 Å². The van der Waals surface area contributed by atoms with Crippen LogP contribution in [0.25, 0.3) is 6.08 Å². The molecule has 0 atom stereocenters. The van der Waals surface area contributed by atoms with Crippen LogP contribution in [-0.2, 0) is 9.53 Å². The average molecular weight is 457 g/mol. The molecule has 0 bridgehead atoms. The Morgan fingerprint density at radius 2 is 1.66 bits per heavy atom. The molecule has 1 aliphatic rings. The van der Waals surface area contributed by atoms with Crippen LogP contribution in [-0.4, -0.2) is 56.9 Å². The summed E-state index contributed by atoms with van der Waals surface area (Å²) in [6.45, 7) is 2.36. The number of methoxy groups -OCH3 is 4. The number of rotatable bonds is 7. The molecule has 1 heterocycles. The van der Waals surface area contributed by atoms with Crippen LogP contribution >= 0.6 is 11.8 Å². The molecule has 1 amide bonds. The fourth-order valence-electron chi connectivity index (χ4n) is 3.11. The Labute approximate surface area is 190 Å². The number of hydrogen-bond donors (Lipinski definition) is 0. The highest BCUT2D eigenvalue weighted by atomic mass is 32.2. The van der Waals surface area contributed by atoms with E-state index < -0.39 is 5.97 Å². The van der Waals surface area contributed by atoms with Crippen molar-refractivity contribution in [1.82, 2.24) is 4.90 Å². The third-order valence-electron chi connectivity index (χ3n) is 4.70. The minimum atomic E-state index is -0.416. The Kier molecular flexibility index (Phi) is 7.42. The van der Waals surface area contributed by atoms with E-state index in [1.807, 2.05) is 6.92 Å². The maximum absolute atomic E-state index is 13.0. The van der Waals surface area contributed by atoms with E-state index in [-0.39, 0.29) is 5.91 Å². The van der Waals surface area contributed by atoms with Crippen LogP contribution in [0.15, 0.2) is 46.3 Å². The van der Waals surface area contributed by atoms with Gasteiger partial charge in [-0.3, -0.25) is 9.69 Å². The van der Waals surface area contributed by atoms with E-state index in [1.54, 1.807) is 61.6 Å². The van der Waals surface area contributed by atoms with Crippen molar-refractivity contribution in [2.75, 3.05) is 35.0 Å². The first-order valence-electron chi connectivity index (χ1n) is 9.74. The summed E-state index contributed by atoms with van der Waals surface area (Å²) in [5, 5.41) is 0.557. The Bertz CT molecular complexity index is 1050. The monoisotopic (exact) mass is 456 g/mol. The summed E-state index contributed by atoms with van der Waals surface area (Å²) in [6, 6.07) is 10.2. The van der Waals surface area contributed by atoms with Crippen LogP contribution in [0, 0.1) is 0 Å². The zero-order chi connectivity index (χ0) is 23.3. The number of thioether (sulfide) groups is 1. The highest BCUT2D eigenvalue weighted by molar-refractivity contribution is 8.18. The second-order valence-electron chi connectivity index (χ2n) is 6.55. The van der Waals surface area contributed by atoms with Crippen molar-refractivity contribution >= 4 is 40.6 Å². The molecule has 0 aromatic heterocycles. The lowest BCUT2D eigenvalue weighted by atomic mass is 10.1. The Morgan fingerprint density at radius 1 is 1.03 bits per heavy atom. The van der Waals surface area contributed by atoms with Gasteiger partial charge in [0.1, 0.15) is 0 Å². The predicted molar refractivity (Wildman–Crippen MR) is 124 cm³/mol. The maximum Gasteiger partial charge on any atom is 0.337 e. The molecular weight excluding hydrogens is 432 g/mol. The van der Waals surface area contributed by atoms with Crippen molar-refractivity contribution in [2.45, 2.75) is 6.92 Å². The van der Waals surface area contributed by atoms with Crippen molar-refractivity contribution in [3.63, 3.8) is 0 Å². The van der Waals surface area contributed by atoms with Crippen molar-refractivity contribution in [2.24, 2.45) is 4.99 Å². The molecule has 32 heavy (non-hydrogen) atoms. The number of carbonyl (C=O) groups excluding carboxylic acids is 2. The van der Waals surface area contributed by atoms with Gasteiger partial charge >= 0.3 is 5.97 Å². The van der Waals surface area contributed by atoms with E-state index in [4.69, 9.17) is 18.9 Å². The molecule has 0 spiro atoms. The number of likely N-dealkylation sites (N-methyl/N-ethyl adjacent to an activating group) is 1. The average Bonchev–Trinajstić information content (AvgIpc) is 3.11. The van der Waals surface area contributed by atoms with Gasteiger partial charge in [-0.05, 0) is 66.7 Å². The lowest BCUT2D eigenvalue weighted by Crippen LogP contribution is -2.28. The summed E-state index contributed by atoms with van der Waals surface area (Å²) in [5.74, 6) is 0.925. The topological polar surface area (TPSA) is 86.7 Å². The summed E-state index contributed by atoms with van der Waals surface area (Å²) < 4.78 is 20.9. The van der Waals surface area contributed by atoms with Crippen LogP contribution in [0.1, 0.15) is 22.8 Å². The number of hydrogen-bond acceptors (Lipinski definition) is 8. The van der Waals surface area contributed by atoms with E-state index in [0.717, 1.165) is 5.56 Å². The zero-order valence-corrected chi connectivity index (χ0v) is 19.3. The molecule has 0 saturated carbocycles. The van der Waals surface area contributed by atoms with Gasteiger partial charge in [0, 0.05) is 6.54 Å². The molecule has 2 aromatic carbocycles. The fraction of sp³-hybridized carbons (Fsp3) is 0.261. The second kappa shape index (κ2) is 10.2. The van der Waals surface area contributed by atoms with Crippen molar-refractivity contribution in [3.05, 3.63) is 52.4 Å². The number of nitrogens with zero attached hydrogens (tertiary/aromatic N) is 2. The van der Waals surface area contributed by atoms with Crippen LogP contribution in [0.2, 0.25) is 0 Å². The molecule has 1 saturated heterocycles. The minimum Gasteiger partial charge on any atom is -0.493 e. The molecule has 168 valence electrons. The molecule has 1 fully saturated rings. The first kappa shape index (κ1) is 23.2. The number of aliphatic imine (C=N–C) groups is 1. The summed E-state index contributed by atoms with van der Waals surface area (Å²) in [6.07, 6.45) is 1.77. The smallest absolute Gasteiger partial charge is 0.337 e. The largest absolute Gasteiger partial charge is 0.493 e. The van der Waals surface area contributed by atoms with Crippen LogP contribution in [0.3, 0.4) is 0 Å². The Balaban J connectivity index is 1.94. The highest BCUT2D eigenvalue weighted by Gasteiger charge is 2.32. The van der Waals surface area contributed by atoms with Gasteiger partial charge in [-0.1, -0.05) is 0 Å². The van der Waals surface area contributed by atoms with Crippen LogP contribution in [0.4, 0.5) is 5.69 Å². The molecule has 2 aromatic rings. The van der Waals surface area contributed by atoms with Gasteiger partial charge in [0.25, 0.3) is 5.91 Å². The lowest BCUT2D eigenvalue weighted by molar-refractivity contribution is -0.122. The number of ether oxygens (including phenoxy) is 4. The van der Waals surface area contributed by atoms with E-state index >= 15 is 0 Å². The Hall–Kier alpha value is -3.46. The standard InChI is InChI=1S/C23H24N2O6S/c1-6-25-21(26)19(13-14-11-17(28-2)20(30-4)18(12-14)29-3)32-23(25)24-16-9-7-15(8-10-16)22(27)31-5/h7-13H,6H2,1-5H3. The number of carbonyl (C=O) groups is 2. The van der Waals surface area contributed by atoms with Gasteiger partial charge < -0.3 is 18.9 Å². The van der Waals surface area contributed by atoms with Gasteiger partial charge in [0.15, 0.2) is 16.7 Å². The molecule has 3 rings (SSSR count). The van der Waals surface area contributed by atoms with Gasteiger partial charge in [-0.15, -0.1) is 0 Å². The quantitative estimate of drug-likeness (QED) is 0.457. The number of esters is 1. The van der Waals surface area contributed by atoms with E-state index in [9.17, 15) is 9.59 Å². The molecule has 0 unspecified atom stereocenters. The van der Waals surface area contributed by atoms with E-state index in [0.29, 0.717) is 45.1 Å². The molecule has 0 aliphatic carbocycles. The maximum atomic E-state index is 13.0. The third kappa shape index (κ3) is 4.72. The zero-order valence-electron chi connectivity index (χ0n) is 18.5. The third-order valence-corrected chi connectivity index (χ3v) is 5.71. The van der Waals surface area contributed by atoms with Crippen molar-refractivity contribution in [3.8, 4) is 17.2 Å². The second-order valence-corrected chi connectivity index (χ2v) is 7.56. The predicted octanol–water partition coefficient (Wildman–Crippen LogP) is 4.12. The Morgan fingerprint density at radius 3 is 2.16 bits per heavy atom. The van der Waals surface area contributed by atoms with Gasteiger partial charge in [0.2, 0.25) is 5.75 Å². The SMILES string of the molecule is CCN1C(=O)C(=Cc2cc(OC)c(OC)c(OC)c2)SC1=Nc1ccc(C(=O)OC)cc1. The van der Waals surface area contributed by atoms with E-state index in [1.165, 1.54) is 26.0 Å². The fourth-order valence-corrected chi connectivity index (χ4v) is 4.17. The first-order valence-corrected chi connectivity index (χ1v) is 10.6. The van der Waals surface area contributed by atoms with Gasteiger partial charge in [-0.2, -0.15) is 0 Å². The summed E-state index contributed by atoms with van der Waals surface area (Å²) in [5.41, 5.74) is 1.79.